The van der Waals surface area contributed by atoms with Gasteiger partial charge in [-0.3, -0.25) is 9.55 Å². The zero-order valence-electron chi connectivity index (χ0n) is 31.1. The molecule has 0 aliphatic rings. The highest BCUT2D eigenvalue weighted by Gasteiger charge is 2.26. The Bertz CT molecular complexity index is 3050. The monoisotopic (exact) mass is 722 g/mol. The van der Waals surface area contributed by atoms with Gasteiger partial charge in [0.15, 0.2) is 0 Å². The normalized spacial score (nSPS) is 11.8. The van der Waals surface area contributed by atoms with Crippen molar-refractivity contribution in [3.05, 3.63) is 199 Å². The molecule has 0 aliphatic heterocycles. The molecule has 5 nitrogen and oxygen atoms in total. The molecule has 56 heavy (non-hydrogen) atoms. The van der Waals surface area contributed by atoms with Crippen LogP contribution >= 0.6 is 0 Å². The van der Waals surface area contributed by atoms with E-state index in [1.165, 1.54) is 16.5 Å². The number of imidazole rings is 1. The summed E-state index contributed by atoms with van der Waals surface area (Å²) >= 11 is 0. The lowest BCUT2D eigenvalue weighted by molar-refractivity contribution is 0.477. The first-order valence-corrected chi connectivity index (χ1v) is 19.0. The smallest absolute Gasteiger partial charge is 0.149 e. The fourth-order valence-electron chi connectivity index (χ4n) is 8.20. The summed E-state index contributed by atoms with van der Waals surface area (Å²) in [6, 6.07) is 62.9. The minimum absolute atomic E-state index is 0.185. The minimum Gasteiger partial charge on any atom is -0.507 e. The van der Waals surface area contributed by atoms with Crippen LogP contribution in [0.25, 0.3) is 78.0 Å². The molecule has 5 heteroatoms. The first-order chi connectivity index (χ1) is 27.5. The predicted octanol–water partition coefficient (Wildman–Crippen LogP) is 12.6. The van der Waals surface area contributed by atoms with Crippen LogP contribution in [-0.4, -0.2) is 24.2 Å². The molecule has 10 aromatic rings. The third-order valence-electron chi connectivity index (χ3n) is 11.2. The van der Waals surface area contributed by atoms with Crippen molar-refractivity contribution in [3.63, 3.8) is 0 Å². The molecular weight excluding hydrogens is 685 g/mol. The van der Waals surface area contributed by atoms with Crippen molar-refractivity contribution in [1.82, 2.24) is 19.1 Å². The Labute approximate surface area is 325 Å². The Morgan fingerprint density at radius 3 is 1.84 bits per heavy atom. The second-order valence-electron chi connectivity index (χ2n) is 14.9. The van der Waals surface area contributed by atoms with Gasteiger partial charge in [0, 0.05) is 44.9 Å². The molecule has 0 unspecified atom stereocenters. The van der Waals surface area contributed by atoms with Crippen molar-refractivity contribution in [2.75, 3.05) is 0 Å². The number of aromatic nitrogens is 4. The zero-order chi connectivity index (χ0) is 37.8. The largest absolute Gasteiger partial charge is 0.507 e. The molecule has 3 heterocycles. The number of phenolic OH excluding ortho intramolecular Hbond substituents is 1. The zero-order valence-corrected chi connectivity index (χ0v) is 31.1. The van der Waals surface area contributed by atoms with Gasteiger partial charge in [0.2, 0.25) is 0 Å². The van der Waals surface area contributed by atoms with Gasteiger partial charge in [-0.2, -0.15) is 0 Å². The maximum absolute atomic E-state index is 11.1. The first kappa shape index (κ1) is 33.3. The van der Waals surface area contributed by atoms with E-state index >= 15 is 0 Å². The summed E-state index contributed by atoms with van der Waals surface area (Å²) in [5.74, 6) is 0.864. The van der Waals surface area contributed by atoms with E-state index in [1.807, 2.05) is 42.6 Å². The minimum atomic E-state index is -0.326. The van der Waals surface area contributed by atoms with E-state index in [9.17, 15) is 5.11 Å². The molecule has 0 fully saturated rings. The van der Waals surface area contributed by atoms with E-state index in [4.69, 9.17) is 9.97 Å². The van der Waals surface area contributed by atoms with Gasteiger partial charge in [-0.1, -0.05) is 129 Å². The number of fused-ring (bicyclic) bond motifs is 4. The summed E-state index contributed by atoms with van der Waals surface area (Å²) in [6.07, 6.45) is 2.03. The molecule has 0 saturated carbocycles. The van der Waals surface area contributed by atoms with Gasteiger partial charge >= 0.3 is 0 Å². The molecule has 0 atom stereocenters. The Balaban J connectivity index is 1.24. The average Bonchev–Trinajstić information content (AvgIpc) is 3.80. The van der Waals surface area contributed by atoms with Gasteiger partial charge in [-0.05, 0) is 83.4 Å². The predicted molar refractivity (Wildman–Crippen MR) is 230 cm³/mol. The molecule has 1 N–H and O–H groups in total. The lowest BCUT2D eigenvalue weighted by atomic mass is 9.76. The Morgan fingerprint density at radius 2 is 1.09 bits per heavy atom. The second kappa shape index (κ2) is 13.3. The molecule has 0 spiro atoms. The molecule has 3 aromatic heterocycles. The molecule has 10 rings (SSSR count). The highest BCUT2D eigenvalue weighted by molar-refractivity contribution is 6.09. The molecule has 268 valence electrons. The third-order valence-corrected chi connectivity index (χ3v) is 11.2. The van der Waals surface area contributed by atoms with Crippen molar-refractivity contribution < 1.29 is 5.11 Å². The lowest BCUT2D eigenvalue weighted by Gasteiger charge is -2.27. The standard InChI is InChI=1S/C51H38N4O/c1-51(2,36-17-6-3-7-18-36)37-30-34(40-25-16-27-46-49(40)53-50(42-24-13-15-28-48(42)56)55(46)39-21-10-5-11-22-39)29-35(31-37)44-32-47-43(33-52-44)41-23-12-14-26-45(41)54(47)38-19-8-4-9-20-38/h3-33,56H,1-2H3. The van der Waals surface area contributed by atoms with Gasteiger partial charge < -0.3 is 9.67 Å². The number of hydrogen-bond acceptors (Lipinski definition) is 3. The first-order valence-electron chi connectivity index (χ1n) is 19.0. The molecule has 0 radical (unpaired) electrons. The highest BCUT2D eigenvalue weighted by atomic mass is 16.3. The summed E-state index contributed by atoms with van der Waals surface area (Å²) in [5.41, 5.74) is 12.8. The molecule has 0 aliphatic carbocycles. The van der Waals surface area contributed by atoms with Crippen molar-refractivity contribution in [2.45, 2.75) is 19.3 Å². The van der Waals surface area contributed by atoms with Crippen molar-refractivity contribution in [2.24, 2.45) is 0 Å². The van der Waals surface area contributed by atoms with E-state index in [1.54, 1.807) is 6.07 Å². The van der Waals surface area contributed by atoms with Crippen LogP contribution in [0.1, 0.15) is 25.0 Å². The number of nitrogens with zero attached hydrogens (tertiary/aromatic N) is 4. The Kier molecular flexibility index (Phi) is 7.89. The fraction of sp³-hybridized carbons (Fsp3) is 0.0588. The van der Waals surface area contributed by atoms with Crippen molar-refractivity contribution >= 4 is 32.8 Å². The van der Waals surface area contributed by atoms with Gasteiger partial charge in [-0.15, -0.1) is 0 Å². The van der Waals surface area contributed by atoms with Gasteiger partial charge in [0.25, 0.3) is 0 Å². The van der Waals surface area contributed by atoms with Crippen LogP contribution in [0.4, 0.5) is 0 Å². The Morgan fingerprint density at radius 1 is 0.482 bits per heavy atom. The third kappa shape index (κ3) is 5.47. The van der Waals surface area contributed by atoms with Crippen LogP contribution < -0.4 is 0 Å². The quantitative estimate of drug-likeness (QED) is 0.178. The second-order valence-corrected chi connectivity index (χ2v) is 14.9. The molecule has 0 amide bonds. The van der Waals surface area contributed by atoms with E-state index in [2.05, 4.69) is 163 Å². The summed E-state index contributed by atoms with van der Waals surface area (Å²) in [7, 11) is 0. The average molecular weight is 723 g/mol. The SMILES string of the molecule is CC(C)(c1ccccc1)c1cc(-c2cc3c(cn2)c2ccccc2n3-c2ccccc2)cc(-c2cccc3c2nc(-c2ccccc2O)n3-c2ccccc2)c1. The number of pyridine rings is 1. The van der Waals surface area contributed by atoms with Crippen LogP contribution in [0, 0.1) is 0 Å². The molecule has 0 saturated heterocycles. The van der Waals surface area contributed by atoms with E-state index < -0.39 is 0 Å². The van der Waals surface area contributed by atoms with E-state index in [0.29, 0.717) is 11.4 Å². The number of para-hydroxylation sites is 5. The number of phenols is 1. The molecule has 7 aromatic carbocycles. The highest BCUT2D eigenvalue weighted by Crippen LogP contribution is 2.42. The molecular formula is C51H38N4O. The van der Waals surface area contributed by atoms with Crippen LogP contribution in [-0.2, 0) is 5.41 Å². The number of aromatic hydroxyl groups is 1. The summed E-state index contributed by atoms with van der Waals surface area (Å²) < 4.78 is 4.48. The molecule has 0 bridgehead atoms. The maximum Gasteiger partial charge on any atom is 0.149 e. The lowest BCUT2D eigenvalue weighted by Crippen LogP contribution is -2.19. The van der Waals surface area contributed by atoms with Crippen LogP contribution in [0.2, 0.25) is 0 Å². The topological polar surface area (TPSA) is 55.9 Å². The van der Waals surface area contributed by atoms with Crippen LogP contribution in [0.15, 0.2) is 188 Å². The van der Waals surface area contributed by atoms with Crippen LogP contribution in [0.3, 0.4) is 0 Å². The van der Waals surface area contributed by atoms with Gasteiger partial charge in [0.1, 0.15) is 11.6 Å². The van der Waals surface area contributed by atoms with Gasteiger partial charge in [-0.25, -0.2) is 4.98 Å². The maximum atomic E-state index is 11.1. The van der Waals surface area contributed by atoms with E-state index in [-0.39, 0.29) is 11.2 Å². The Hall–Kier alpha value is -7.24. The number of hydrogen-bond donors (Lipinski definition) is 1. The van der Waals surface area contributed by atoms with Crippen molar-refractivity contribution in [3.8, 4) is 50.9 Å². The van der Waals surface area contributed by atoms with Crippen LogP contribution in [0.5, 0.6) is 5.75 Å². The summed E-state index contributed by atoms with van der Waals surface area (Å²) in [6.45, 7) is 4.58. The number of rotatable bonds is 7. The summed E-state index contributed by atoms with van der Waals surface area (Å²) in [5, 5.41) is 13.4. The number of benzene rings is 7. The van der Waals surface area contributed by atoms with Gasteiger partial charge in [0.05, 0.1) is 33.3 Å². The van der Waals surface area contributed by atoms with E-state index in [0.717, 1.165) is 61.2 Å². The fourth-order valence-corrected chi connectivity index (χ4v) is 8.20. The van der Waals surface area contributed by atoms with Crippen molar-refractivity contribution in [1.29, 1.82) is 0 Å². The summed E-state index contributed by atoms with van der Waals surface area (Å²) in [4.78, 5) is 10.5.